The third-order valence-electron chi connectivity index (χ3n) is 4.45. The van der Waals surface area contributed by atoms with Gasteiger partial charge in [0.25, 0.3) is 0 Å². The van der Waals surface area contributed by atoms with Gasteiger partial charge in [0.05, 0.1) is 4.90 Å². The van der Waals surface area contributed by atoms with Crippen molar-refractivity contribution in [3.63, 3.8) is 0 Å². The molecule has 0 aromatic heterocycles. The van der Waals surface area contributed by atoms with E-state index in [1.165, 1.54) is 12.1 Å². The van der Waals surface area contributed by atoms with E-state index in [2.05, 4.69) is 10.6 Å². The highest BCUT2D eigenvalue weighted by Crippen LogP contribution is 2.37. The zero-order valence-electron chi connectivity index (χ0n) is 15.2. The Kier molecular flexibility index (Phi) is 4.84. The lowest BCUT2D eigenvalue weighted by Gasteiger charge is -2.18. The van der Waals surface area contributed by atoms with E-state index in [1.807, 2.05) is 30.3 Å². The Hall–Kier alpha value is -3.55. The molecule has 0 saturated heterocycles. The second-order valence-electron chi connectivity index (χ2n) is 6.46. The molecule has 0 aliphatic heterocycles. The fraction of sp³-hybridized carbons (Fsp3) is 0. The Labute approximate surface area is 168 Å². The van der Waals surface area contributed by atoms with Crippen LogP contribution in [0.15, 0.2) is 89.8 Å². The summed E-state index contributed by atoms with van der Waals surface area (Å²) < 4.78 is 35.8. The number of para-hydroxylation sites is 1. The van der Waals surface area contributed by atoms with Gasteiger partial charge in [-0.05, 0) is 42.5 Å². The Bertz CT molecular complexity index is 1290. The fourth-order valence-electron chi connectivity index (χ4n) is 3.21. The van der Waals surface area contributed by atoms with Crippen LogP contribution in [0.3, 0.4) is 0 Å². The maximum atomic E-state index is 11.9. The van der Waals surface area contributed by atoms with E-state index in [0.29, 0.717) is 27.8 Å². The summed E-state index contributed by atoms with van der Waals surface area (Å²) in [7, 11) is -4.70. The van der Waals surface area contributed by atoms with Crippen molar-refractivity contribution in [2.75, 3.05) is 10.6 Å². The average Bonchev–Trinajstić information content (AvgIpc) is 2.69. The van der Waals surface area contributed by atoms with E-state index in [9.17, 15) is 18.1 Å². The number of nitrogens with one attached hydrogen (secondary N) is 2. The van der Waals surface area contributed by atoms with Gasteiger partial charge in [-0.15, -0.1) is 0 Å². The van der Waals surface area contributed by atoms with Crippen LogP contribution in [0.4, 0.5) is 22.7 Å². The number of phenols is 1. The lowest BCUT2D eigenvalue weighted by molar-refractivity contribution is 0.464. The number of fused-ring (bicyclic) bond motifs is 1. The predicted octanol–water partition coefficient (Wildman–Crippen LogP) is 4.94. The second kappa shape index (κ2) is 7.46. The number of phenolic OH excluding ortho intramolecular Hbond substituents is 1. The summed E-state index contributed by atoms with van der Waals surface area (Å²) in [6.45, 7) is 0. The summed E-state index contributed by atoms with van der Waals surface area (Å²) in [5.74, 6) is 0.101. The van der Waals surface area contributed by atoms with Gasteiger partial charge in [-0.2, -0.15) is 0 Å². The first-order valence-electron chi connectivity index (χ1n) is 8.81. The smallest absolute Gasteiger partial charge is 0.125 e. The summed E-state index contributed by atoms with van der Waals surface area (Å²) in [6, 6.07) is 23.9. The van der Waals surface area contributed by atoms with Crippen LogP contribution in [0.25, 0.3) is 10.8 Å². The number of benzene rings is 4. The molecule has 146 valence electrons. The number of hydrogen-bond acceptors (Lipinski definition) is 6. The van der Waals surface area contributed by atoms with Crippen molar-refractivity contribution in [1.29, 1.82) is 0 Å². The van der Waals surface area contributed by atoms with Crippen LogP contribution in [0, 0.1) is 0 Å². The second-order valence-corrected chi connectivity index (χ2v) is 7.81. The molecule has 0 aliphatic rings. The van der Waals surface area contributed by atoms with E-state index in [0.717, 1.165) is 5.69 Å². The van der Waals surface area contributed by atoms with E-state index >= 15 is 0 Å². The summed E-state index contributed by atoms with van der Waals surface area (Å²) in [6.07, 6.45) is 0. The number of rotatable bonds is 5. The molecule has 0 saturated carbocycles. The molecule has 4 rings (SSSR count). The minimum atomic E-state index is -4.70. The van der Waals surface area contributed by atoms with E-state index in [-0.39, 0.29) is 10.6 Å². The molecule has 0 radical (unpaired) electrons. The summed E-state index contributed by atoms with van der Waals surface area (Å²) in [5.41, 5.74) is 2.50. The lowest BCUT2D eigenvalue weighted by atomic mass is 10.1. The zero-order chi connectivity index (χ0) is 20.4. The van der Waals surface area contributed by atoms with Crippen LogP contribution < -0.4 is 10.6 Å². The molecule has 0 spiro atoms. The van der Waals surface area contributed by atoms with Crippen LogP contribution in [0.5, 0.6) is 5.75 Å². The van der Waals surface area contributed by atoms with Crippen LogP contribution in [0.1, 0.15) is 0 Å². The minimum Gasteiger partial charge on any atom is -0.744 e. The third-order valence-corrected chi connectivity index (χ3v) is 5.33. The van der Waals surface area contributed by atoms with Gasteiger partial charge < -0.3 is 20.3 Å². The maximum Gasteiger partial charge on any atom is 0.125 e. The van der Waals surface area contributed by atoms with Gasteiger partial charge in [0, 0.05) is 39.6 Å². The maximum absolute atomic E-state index is 11.9. The molecule has 29 heavy (non-hydrogen) atoms. The highest BCUT2D eigenvalue weighted by molar-refractivity contribution is 7.86. The van der Waals surface area contributed by atoms with Gasteiger partial charge in [0.1, 0.15) is 15.9 Å². The van der Waals surface area contributed by atoms with Gasteiger partial charge in [-0.25, -0.2) is 8.42 Å². The fourth-order valence-corrected chi connectivity index (χ4v) is 3.93. The van der Waals surface area contributed by atoms with Crippen molar-refractivity contribution in [3.05, 3.63) is 84.9 Å². The molecule has 0 heterocycles. The first kappa shape index (κ1) is 18.8. The molecule has 0 amide bonds. The predicted molar refractivity (Wildman–Crippen MR) is 113 cm³/mol. The lowest BCUT2D eigenvalue weighted by Crippen LogP contribution is -2.03. The molecule has 6 nitrogen and oxygen atoms in total. The average molecular weight is 405 g/mol. The van der Waals surface area contributed by atoms with Crippen LogP contribution in [-0.4, -0.2) is 18.1 Å². The van der Waals surface area contributed by atoms with Gasteiger partial charge >= 0.3 is 0 Å². The molecule has 0 bridgehead atoms. The molecule has 0 fully saturated rings. The third kappa shape index (κ3) is 4.01. The minimum absolute atomic E-state index is 0.101. The Morgan fingerprint density at radius 1 is 0.724 bits per heavy atom. The Morgan fingerprint density at radius 2 is 1.38 bits per heavy atom. The highest BCUT2D eigenvalue weighted by Gasteiger charge is 2.15. The topological polar surface area (TPSA) is 101 Å². The van der Waals surface area contributed by atoms with E-state index < -0.39 is 10.1 Å². The van der Waals surface area contributed by atoms with Crippen LogP contribution in [-0.2, 0) is 10.1 Å². The molecule has 0 unspecified atom stereocenters. The number of anilines is 4. The van der Waals surface area contributed by atoms with Crippen molar-refractivity contribution in [3.8, 4) is 5.75 Å². The molecular weight excluding hydrogens is 388 g/mol. The normalized spacial score (nSPS) is 11.3. The van der Waals surface area contributed by atoms with Crippen molar-refractivity contribution >= 4 is 43.6 Å². The zero-order valence-corrected chi connectivity index (χ0v) is 16.0. The standard InChI is InChI=1S/C22H18N2O4S/c25-17-9-4-8-16(14-17)24-19-12-13-20(23-15-6-2-1-3-7-15)22-18(19)10-5-11-21(22)29(26,27)28/h1-14,23-25H,(H,26,27,28)/p-1. The van der Waals surface area contributed by atoms with Crippen LogP contribution in [0.2, 0.25) is 0 Å². The van der Waals surface area contributed by atoms with Crippen molar-refractivity contribution in [2.24, 2.45) is 0 Å². The van der Waals surface area contributed by atoms with Gasteiger partial charge in [0.2, 0.25) is 0 Å². The monoisotopic (exact) mass is 405 g/mol. The molecule has 0 aliphatic carbocycles. The van der Waals surface area contributed by atoms with Gasteiger partial charge in [0.15, 0.2) is 0 Å². The quantitative estimate of drug-likeness (QED) is 0.407. The van der Waals surface area contributed by atoms with Gasteiger partial charge in [-0.1, -0.05) is 36.4 Å². The molecule has 7 heteroatoms. The van der Waals surface area contributed by atoms with Gasteiger partial charge in [-0.3, -0.25) is 0 Å². The Morgan fingerprint density at radius 3 is 2.10 bits per heavy atom. The molecule has 4 aromatic rings. The first-order valence-corrected chi connectivity index (χ1v) is 10.2. The molecule has 0 atom stereocenters. The molecular formula is C22H17N2O4S-. The largest absolute Gasteiger partial charge is 0.744 e. The van der Waals surface area contributed by atoms with Crippen molar-refractivity contribution < 1.29 is 18.1 Å². The molecule has 3 N–H and O–H groups in total. The van der Waals surface area contributed by atoms with Crippen molar-refractivity contribution in [1.82, 2.24) is 0 Å². The number of hydrogen-bond donors (Lipinski definition) is 3. The van der Waals surface area contributed by atoms with Crippen molar-refractivity contribution in [2.45, 2.75) is 4.90 Å². The van der Waals surface area contributed by atoms with E-state index in [4.69, 9.17) is 0 Å². The van der Waals surface area contributed by atoms with Crippen LogP contribution >= 0.6 is 0 Å². The summed E-state index contributed by atoms with van der Waals surface area (Å²) in [4.78, 5) is -0.298. The first-order chi connectivity index (χ1) is 13.9. The summed E-state index contributed by atoms with van der Waals surface area (Å²) >= 11 is 0. The SMILES string of the molecule is O=S(=O)([O-])c1cccc2c(Nc3cccc(O)c3)ccc(Nc3ccccc3)c12. The highest BCUT2D eigenvalue weighted by atomic mass is 32.2. The Balaban J connectivity index is 1.90. The summed E-state index contributed by atoms with van der Waals surface area (Å²) in [5, 5.41) is 16.9. The number of aromatic hydroxyl groups is 1. The molecule has 4 aromatic carbocycles. The van der Waals surface area contributed by atoms with E-state index in [1.54, 1.807) is 42.5 Å².